The molecule has 2 heterocycles. The fourth-order valence-corrected chi connectivity index (χ4v) is 3.77. The van der Waals surface area contributed by atoms with Gasteiger partial charge in [0.25, 0.3) is 0 Å². The summed E-state index contributed by atoms with van der Waals surface area (Å²) in [6.07, 6.45) is 3.82. The molecule has 0 amide bonds. The second kappa shape index (κ2) is 7.09. The summed E-state index contributed by atoms with van der Waals surface area (Å²) < 4.78 is 24.0. The van der Waals surface area contributed by atoms with Crippen LogP contribution < -0.4 is 15.4 Å². The minimum atomic E-state index is -2.54. The third kappa shape index (κ3) is 4.07. The highest BCUT2D eigenvalue weighted by Crippen LogP contribution is 2.40. The maximum atomic E-state index is 12.7. The van der Waals surface area contributed by atoms with E-state index in [-0.39, 0.29) is 6.10 Å². The molecule has 0 radical (unpaired) electrons. The molecule has 1 atom stereocenters. The molecule has 1 N–H and O–H groups in total. The Balaban J connectivity index is 1.90. The zero-order valence-corrected chi connectivity index (χ0v) is 15.2. The van der Waals surface area contributed by atoms with Crippen molar-refractivity contribution in [2.24, 2.45) is 0 Å². The Morgan fingerprint density at radius 2 is 2.25 bits per heavy atom. The number of benzene rings is 1. The first-order chi connectivity index (χ1) is 11.4. The van der Waals surface area contributed by atoms with Crippen molar-refractivity contribution in [2.75, 3.05) is 31.9 Å². The largest absolute Gasteiger partial charge is 0.488 e. The molecule has 1 aromatic heterocycles. The lowest BCUT2D eigenvalue weighted by atomic mass is 10.2. The van der Waals surface area contributed by atoms with E-state index in [1.807, 2.05) is 18.2 Å². The Hall–Kier alpha value is -1.62. The van der Waals surface area contributed by atoms with E-state index >= 15 is 0 Å². The zero-order chi connectivity index (χ0) is 17.2. The second-order valence-electron chi connectivity index (χ2n) is 5.98. The average Bonchev–Trinajstić information content (AvgIpc) is 3.03. The molecular formula is C16H19ClN3O3P. The van der Waals surface area contributed by atoms with Gasteiger partial charge in [-0.1, -0.05) is 11.6 Å². The number of halogens is 1. The quantitative estimate of drug-likeness (QED) is 0.817. The van der Waals surface area contributed by atoms with Crippen LogP contribution in [0.15, 0.2) is 30.7 Å². The third-order valence-electron chi connectivity index (χ3n) is 3.66. The van der Waals surface area contributed by atoms with Gasteiger partial charge < -0.3 is 19.4 Å². The molecule has 2 aromatic rings. The van der Waals surface area contributed by atoms with Crippen LogP contribution in [0.1, 0.15) is 6.42 Å². The van der Waals surface area contributed by atoms with Gasteiger partial charge in [-0.15, -0.1) is 0 Å². The maximum absolute atomic E-state index is 12.7. The molecule has 1 aliphatic heterocycles. The van der Waals surface area contributed by atoms with Gasteiger partial charge in [0.05, 0.1) is 25.1 Å². The summed E-state index contributed by atoms with van der Waals surface area (Å²) >= 11 is 6.09. The second-order valence-corrected chi connectivity index (χ2v) is 9.57. The van der Waals surface area contributed by atoms with Crippen LogP contribution in [0.5, 0.6) is 5.75 Å². The summed E-state index contributed by atoms with van der Waals surface area (Å²) in [4.78, 5) is 7.97. The minimum absolute atomic E-state index is 0.0427. The first-order valence-electron chi connectivity index (χ1n) is 7.60. The first-order valence-corrected chi connectivity index (χ1v) is 10.6. The van der Waals surface area contributed by atoms with Gasteiger partial charge >= 0.3 is 0 Å². The Bertz CT molecular complexity index is 775. The van der Waals surface area contributed by atoms with Crippen molar-refractivity contribution in [3.05, 3.63) is 35.7 Å². The monoisotopic (exact) mass is 367 g/mol. The minimum Gasteiger partial charge on any atom is -0.488 e. The van der Waals surface area contributed by atoms with Gasteiger partial charge in [-0.3, -0.25) is 0 Å². The highest BCUT2D eigenvalue weighted by atomic mass is 35.5. The first kappa shape index (κ1) is 17.2. The highest BCUT2D eigenvalue weighted by Gasteiger charge is 2.21. The van der Waals surface area contributed by atoms with Crippen LogP contribution in [0, 0.1) is 0 Å². The van der Waals surface area contributed by atoms with Gasteiger partial charge in [-0.05, 0) is 31.5 Å². The van der Waals surface area contributed by atoms with Crippen LogP contribution in [0.2, 0.25) is 5.02 Å². The lowest BCUT2D eigenvalue weighted by molar-refractivity contribution is 0.141. The van der Waals surface area contributed by atoms with E-state index in [0.717, 1.165) is 6.42 Å². The number of nitrogens with zero attached hydrogens (tertiary/aromatic N) is 2. The summed E-state index contributed by atoms with van der Waals surface area (Å²) in [7, 11) is -2.54. The summed E-state index contributed by atoms with van der Waals surface area (Å²) in [5, 5.41) is 4.22. The fraction of sp³-hybridized carbons (Fsp3) is 0.375. The molecular weight excluding hydrogens is 349 g/mol. The van der Waals surface area contributed by atoms with Crippen LogP contribution in [-0.4, -0.2) is 42.6 Å². The fourth-order valence-electron chi connectivity index (χ4n) is 2.47. The molecule has 3 rings (SSSR count). The maximum Gasteiger partial charge on any atom is 0.152 e. The SMILES string of the molecule is CP(C)(=O)c1cc(OC2CCOC2)ccc1Nc1ncncc1Cl. The molecule has 6 nitrogen and oxygen atoms in total. The summed E-state index contributed by atoms with van der Waals surface area (Å²) in [5.74, 6) is 1.16. The third-order valence-corrected chi connectivity index (χ3v) is 5.47. The molecule has 8 heteroatoms. The normalized spacial score (nSPS) is 17.7. The van der Waals surface area contributed by atoms with Crippen molar-refractivity contribution in [3.8, 4) is 5.75 Å². The molecule has 1 fully saturated rings. The number of ether oxygens (including phenoxy) is 2. The van der Waals surface area contributed by atoms with E-state index < -0.39 is 7.14 Å². The van der Waals surface area contributed by atoms with Crippen molar-refractivity contribution < 1.29 is 14.0 Å². The Morgan fingerprint density at radius 1 is 1.42 bits per heavy atom. The van der Waals surface area contributed by atoms with Gasteiger partial charge in [0.1, 0.15) is 30.3 Å². The van der Waals surface area contributed by atoms with Crippen LogP contribution >= 0.6 is 18.7 Å². The highest BCUT2D eigenvalue weighted by molar-refractivity contribution is 7.70. The predicted molar refractivity (Wildman–Crippen MR) is 95.7 cm³/mol. The van der Waals surface area contributed by atoms with Crippen molar-refractivity contribution in [2.45, 2.75) is 12.5 Å². The van der Waals surface area contributed by atoms with Crippen LogP contribution in [0.3, 0.4) is 0 Å². The molecule has 1 aliphatic rings. The number of rotatable bonds is 5. The number of hydrogen-bond acceptors (Lipinski definition) is 6. The van der Waals surface area contributed by atoms with E-state index in [9.17, 15) is 4.57 Å². The smallest absolute Gasteiger partial charge is 0.152 e. The van der Waals surface area contributed by atoms with Gasteiger partial charge in [0.2, 0.25) is 0 Å². The molecule has 0 spiro atoms. The van der Waals surface area contributed by atoms with E-state index in [2.05, 4.69) is 15.3 Å². The van der Waals surface area contributed by atoms with Crippen LogP contribution in [0.4, 0.5) is 11.5 Å². The topological polar surface area (TPSA) is 73.3 Å². The van der Waals surface area contributed by atoms with Gasteiger partial charge in [-0.25, -0.2) is 9.97 Å². The molecule has 0 bridgehead atoms. The molecule has 0 aliphatic carbocycles. The van der Waals surface area contributed by atoms with E-state index in [4.69, 9.17) is 21.1 Å². The lowest BCUT2D eigenvalue weighted by Crippen LogP contribution is -2.17. The Labute approximate surface area is 145 Å². The molecule has 0 saturated carbocycles. The molecule has 1 saturated heterocycles. The lowest BCUT2D eigenvalue weighted by Gasteiger charge is -2.18. The van der Waals surface area contributed by atoms with Crippen LogP contribution in [0.25, 0.3) is 0 Å². The predicted octanol–water partition coefficient (Wildman–Crippen LogP) is 3.29. The molecule has 128 valence electrons. The van der Waals surface area contributed by atoms with E-state index in [1.165, 1.54) is 12.5 Å². The molecule has 1 unspecified atom stereocenters. The van der Waals surface area contributed by atoms with Gasteiger partial charge in [0.15, 0.2) is 5.82 Å². The number of anilines is 2. The standard InChI is InChI=1S/C16H19ClN3O3P/c1-24(2,21)15-7-11(23-12-5-6-22-9-12)3-4-14(15)20-16-13(17)8-18-10-19-16/h3-4,7-8,10,12H,5-6,9H2,1-2H3,(H,18,19,20). The summed E-state index contributed by atoms with van der Waals surface area (Å²) in [6, 6.07) is 5.49. The number of aromatic nitrogens is 2. The van der Waals surface area contributed by atoms with Crippen LogP contribution in [-0.2, 0) is 9.30 Å². The van der Waals surface area contributed by atoms with Crippen molar-refractivity contribution in [1.29, 1.82) is 0 Å². The number of hydrogen-bond donors (Lipinski definition) is 1. The average molecular weight is 368 g/mol. The Morgan fingerprint density at radius 3 is 2.92 bits per heavy atom. The van der Waals surface area contributed by atoms with Gasteiger partial charge in [-0.2, -0.15) is 0 Å². The van der Waals surface area contributed by atoms with E-state index in [0.29, 0.717) is 40.8 Å². The summed E-state index contributed by atoms with van der Waals surface area (Å²) in [6.45, 7) is 4.74. The molecule has 1 aromatic carbocycles. The summed E-state index contributed by atoms with van der Waals surface area (Å²) in [5.41, 5.74) is 0.693. The Kier molecular flexibility index (Phi) is 5.09. The zero-order valence-electron chi connectivity index (χ0n) is 13.5. The van der Waals surface area contributed by atoms with Crippen molar-refractivity contribution in [1.82, 2.24) is 9.97 Å². The molecule has 24 heavy (non-hydrogen) atoms. The van der Waals surface area contributed by atoms with Crippen molar-refractivity contribution >= 4 is 35.6 Å². The van der Waals surface area contributed by atoms with Gasteiger partial charge in [0, 0.05) is 11.7 Å². The van der Waals surface area contributed by atoms with Crippen molar-refractivity contribution in [3.63, 3.8) is 0 Å². The number of nitrogens with one attached hydrogen (secondary N) is 1. The van der Waals surface area contributed by atoms with E-state index in [1.54, 1.807) is 13.3 Å².